The van der Waals surface area contributed by atoms with Crippen LogP contribution in [0.1, 0.15) is 54.3 Å². The summed E-state index contributed by atoms with van der Waals surface area (Å²) >= 11 is 0. The van der Waals surface area contributed by atoms with E-state index in [1.165, 1.54) is 0 Å². The zero-order chi connectivity index (χ0) is 26.6. The number of ether oxygens (including phenoxy) is 1. The van der Waals surface area contributed by atoms with Crippen LogP contribution in [0.5, 0.6) is 5.75 Å². The average Bonchev–Trinajstić information content (AvgIpc) is 2.88. The quantitative estimate of drug-likeness (QED) is 0.361. The summed E-state index contributed by atoms with van der Waals surface area (Å²) in [6, 6.07) is 12.5. The number of hydrogen-bond acceptors (Lipinski definition) is 6. The summed E-state index contributed by atoms with van der Waals surface area (Å²) in [5, 5.41) is 6.74. The molecule has 2 amide bonds. The fourth-order valence-corrected chi connectivity index (χ4v) is 5.32. The molecular formula is C30H38N6O2. The highest BCUT2D eigenvalue weighted by atomic mass is 16.5. The van der Waals surface area contributed by atoms with Gasteiger partial charge in [-0.05, 0) is 56.8 Å². The van der Waals surface area contributed by atoms with E-state index in [1.54, 1.807) is 7.11 Å². The molecule has 3 aromatic rings. The number of likely N-dealkylation sites (N-methyl/N-ethyl adjacent to an activating group) is 1. The number of rotatable bonds is 10. The number of aromatic nitrogens is 2. The second-order valence-electron chi connectivity index (χ2n) is 10.2. The Hall–Kier alpha value is -3.65. The number of benzene rings is 2. The van der Waals surface area contributed by atoms with E-state index in [0.717, 1.165) is 84.1 Å². The van der Waals surface area contributed by atoms with Crippen molar-refractivity contribution in [3.05, 3.63) is 70.7 Å². The monoisotopic (exact) mass is 514 g/mol. The summed E-state index contributed by atoms with van der Waals surface area (Å²) in [5.74, 6) is 2.24. The number of nitrogens with zero attached hydrogens (tertiary/aromatic N) is 4. The van der Waals surface area contributed by atoms with Crippen molar-refractivity contribution < 1.29 is 9.53 Å². The van der Waals surface area contributed by atoms with E-state index < -0.39 is 0 Å². The number of para-hydroxylation sites is 1. The van der Waals surface area contributed by atoms with Crippen molar-refractivity contribution in [2.75, 3.05) is 41.9 Å². The molecule has 38 heavy (non-hydrogen) atoms. The second-order valence-corrected chi connectivity index (χ2v) is 10.2. The molecule has 2 aliphatic rings. The summed E-state index contributed by atoms with van der Waals surface area (Å²) in [6.07, 6.45) is 5.57. The zero-order valence-corrected chi connectivity index (χ0v) is 22.9. The van der Waals surface area contributed by atoms with Gasteiger partial charge < -0.3 is 15.4 Å². The van der Waals surface area contributed by atoms with Gasteiger partial charge in [-0.1, -0.05) is 31.2 Å². The Morgan fingerprint density at radius 1 is 1.11 bits per heavy atom. The van der Waals surface area contributed by atoms with Crippen LogP contribution in [0, 0.1) is 13.8 Å². The maximum atomic E-state index is 13.9. The lowest BCUT2D eigenvalue weighted by molar-refractivity contribution is 0.242. The molecular weight excluding hydrogens is 476 g/mol. The van der Waals surface area contributed by atoms with E-state index in [2.05, 4.69) is 55.7 Å². The third kappa shape index (κ3) is 5.18. The lowest BCUT2D eigenvalue weighted by atomic mass is 9.90. The van der Waals surface area contributed by atoms with Gasteiger partial charge in [0.2, 0.25) is 0 Å². The normalized spacial score (nSPS) is 15.3. The van der Waals surface area contributed by atoms with Gasteiger partial charge in [0.1, 0.15) is 17.4 Å². The Kier molecular flexibility index (Phi) is 7.79. The Labute approximate surface area is 225 Å². The fourth-order valence-electron chi connectivity index (χ4n) is 5.32. The van der Waals surface area contributed by atoms with Gasteiger partial charge in [-0.3, -0.25) is 9.80 Å². The van der Waals surface area contributed by atoms with Gasteiger partial charge in [-0.2, -0.15) is 0 Å². The van der Waals surface area contributed by atoms with Crippen molar-refractivity contribution in [3.8, 4) is 5.75 Å². The van der Waals surface area contributed by atoms with Crippen LogP contribution in [0.2, 0.25) is 0 Å². The van der Waals surface area contributed by atoms with Crippen LogP contribution in [0.4, 0.5) is 22.0 Å². The smallest absolute Gasteiger partial charge is 0.330 e. The number of hydrogen-bond donors (Lipinski definition) is 2. The average molecular weight is 515 g/mol. The van der Waals surface area contributed by atoms with Gasteiger partial charge in [0.25, 0.3) is 0 Å². The third-order valence-corrected chi connectivity index (χ3v) is 7.55. The van der Waals surface area contributed by atoms with E-state index in [9.17, 15) is 4.79 Å². The van der Waals surface area contributed by atoms with Crippen LogP contribution in [0.15, 0.2) is 42.6 Å². The van der Waals surface area contributed by atoms with Crippen LogP contribution < -0.4 is 25.2 Å². The standard InChI is InChI=1S/C30H38N6O2/c1-5-31-14-15-32-24-13-12-22(26(17-24)38-4)16-27-33-18-23-19-35(28-20(2)8-6-9-21(28)3)30(37)36(29(23)34-27)25-10-7-11-25/h6,8-9,12-13,17-18,25,31-32H,5,7,10-11,14-16,19H2,1-4H3. The molecule has 0 unspecified atom stereocenters. The van der Waals surface area contributed by atoms with Crippen LogP contribution >= 0.6 is 0 Å². The first-order chi connectivity index (χ1) is 18.5. The van der Waals surface area contributed by atoms with Gasteiger partial charge in [0.15, 0.2) is 0 Å². The first-order valence-electron chi connectivity index (χ1n) is 13.6. The summed E-state index contributed by atoms with van der Waals surface area (Å²) in [4.78, 5) is 27.5. The minimum Gasteiger partial charge on any atom is -0.496 e. The second kappa shape index (κ2) is 11.4. The van der Waals surface area contributed by atoms with Crippen molar-refractivity contribution in [1.82, 2.24) is 15.3 Å². The van der Waals surface area contributed by atoms with E-state index in [-0.39, 0.29) is 12.1 Å². The molecule has 2 heterocycles. The zero-order valence-electron chi connectivity index (χ0n) is 22.9. The number of urea groups is 1. The predicted molar refractivity (Wildman–Crippen MR) is 152 cm³/mol. The molecule has 1 aliphatic carbocycles. The predicted octanol–water partition coefficient (Wildman–Crippen LogP) is 5.21. The summed E-state index contributed by atoms with van der Waals surface area (Å²) in [6.45, 7) is 9.40. The third-order valence-electron chi connectivity index (χ3n) is 7.55. The lowest BCUT2D eigenvalue weighted by Gasteiger charge is -2.44. The van der Waals surface area contributed by atoms with Gasteiger partial charge in [-0.15, -0.1) is 0 Å². The van der Waals surface area contributed by atoms with Crippen molar-refractivity contribution in [2.24, 2.45) is 0 Å². The van der Waals surface area contributed by atoms with Crippen LogP contribution in [0.25, 0.3) is 0 Å². The summed E-state index contributed by atoms with van der Waals surface area (Å²) in [5.41, 5.74) is 6.19. The van der Waals surface area contributed by atoms with Crippen molar-refractivity contribution in [1.29, 1.82) is 0 Å². The number of aryl methyl sites for hydroxylation is 2. The molecule has 5 rings (SSSR count). The van der Waals surface area contributed by atoms with E-state index in [1.807, 2.05) is 28.1 Å². The van der Waals surface area contributed by atoms with Crippen LogP contribution in [-0.2, 0) is 13.0 Å². The molecule has 2 N–H and O–H groups in total. The Morgan fingerprint density at radius 2 is 1.89 bits per heavy atom. The van der Waals surface area contributed by atoms with Gasteiger partial charge in [0, 0.05) is 54.6 Å². The molecule has 1 aliphatic heterocycles. The molecule has 2 aromatic carbocycles. The fraction of sp³-hybridized carbons (Fsp3) is 0.433. The molecule has 0 saturated heterocycles. The summed E-state index contributed by atoms with van der Waals surface area (Å²) in [7, 11) is 1.69. The number of fused-ring (bicyclic) bond motifs is 1. The SMILES string of the molecule is CCNCCNc1ccc(Cc2ncc3c(n2)N(C2CCC2)C(=O)N(c2c(C)cccc2C)C3)c(OC)c1. The molecule has 0 bridgehead atoms. The van der Waals surface area contributed by atoms with E-state index in [4.69, 9.17) is 14.7 Å². The number of carbonyl (C=O) groups is 1. The highest BCUT2D eigenvalue weighted by molar-refractivity contribution is 6.06. The maximum absolute atomic E-state index is 13.9. The number of amides is 2. The Bertz CT molecular complexity index is 1290. The van der Waals surface area contributed by atoms with Crippen molar-refractivity contribution >= 4 is 23.2 Å². The molecule has 8 heteroatoms. The minimum atomic E-state index is 0.00909. The molecule has 8 nitrogen and oxygen atoms in total. The maximum Gasteiger partial charge on any atom is 0.330 e. The molecule has 200 valence electrons. The number of carbonyl (C=O) groups excluding carboxylic acids is 1. The first-order valence-corrected chi connectivity index (χ1v) is 13.6. The van der Waals surface area contributed by atoms with Crippen molar-refractivity contribution in [3.63, 3.8) is 0 Å². The van der Waals surface area contributed by atoms with Crippen molar-refractivity contribution in [2.45, 2.75) is 59.0 Å². The molecule has 1 saturated carbocycles. The van der Waals surface area contributed by atoms with Gasteiger partial charge >= 0.3 is 6.03 Å². The minimum absolute atomic E-state index is 0.00909. The molecule has 1 fully saturated rings. The van der Waals surface area contributed by atoms with E-state index in [0.29, 0.717) is 18.8 Å². The topological polar surface area (TPSA) is 82.6 Å². The summed E-state index contributed by atoms with van der Waals surface area (Å²) < 4.78 is 5.70. The van der Waals surface area contributed by atoms with Gasteiger partial charge in [-0.25, -0.2) is 14.8 Å². The van der Waals surface area contributed by atoms with Crippen LogP contribution in [-0.4, -0.2) is 48.8 Å². The Morgan fingerprint density at radius 3 is 2.58 bits per heavy atom. The lowest BCUT2D eigenvalue weighted by Crippen LogP contribution is -2.54. The highest BCUT2D eigenvalue weighted by Gasteiger charge is 2.40. The Balaban J connectivity index is 1.42. The van der Waals surface area contributed by atoms with Crippen LogP contribution in [0.3, 0.4) is 0 Å². The molecule has 0 atom stereocenters. The molecule has 1 aromatic heterocycles. The molecule has 0 radical (unpaired) electrons. The number of methoxy groups -OCH3 is 1. The first kappa shape index (κ1) is 26.0. The highest BCUT2D eigenvalue weighted by Crippen LogP contribution is 2.38. The number of nitrogens with one attached hydrogen (secondary N) is 2. The van der Waals surface area contributed by atoms with Gasteiger partial charge in [0.05, 0.1) is 19.3 Å². The number of anilines is 3. The largest absolute Gasteiger partial charge is 0.496 e. The molecule has 0 spiro atoms. The van der Waals surface area contributed by atoms with E-state index >= 15 is 0 Å².